The van der Waals surface area contributed by atoms with Gasteiger partial charge in [-0.2, -0.15) is 0 Å². The van der Waals surface area contributed by atoms with Gasteiger partial charge in [-0.15, -0.1) is 0 Å². The van der Waals surface area contributed by atoms with Gasteiger partial charge in [-0.3, -0.25) is 13.9 Å². The number of sulfonamides is 1. The molecular weight excluding hydrogens is 462 g/mol. The van der Waals surface area contributed by atoms with Gasteiger partial charge in [-0.05, 0) is 49.8 Å². The van der Waals surface area contributed by atoms with Crippen LogP contribution in [0, 0.1) is 26.7 Å². The summed E-state index contributed by atoms with van der Waals surface area (Å²) >= 11 is 0. The highest BCUT2D eigenvalue weighted by molar-refractivity contribution is 7.92. The minimum atomic E-state index is -3.76. The summed E-state index contributed by atoms with van der Waals surface area (Å²) in [7, 11) is -3.76. The number of para-hydroxylation sites is 1. The Balaban J connectivity index is 2.48. The van der Waals surface area contributed by atoms with Crippen molar-refractivity contribution in [2.24, 2.45) is 5.92 Å². The van der Waals surface area contributed by atoms with Crippen LogP contribution in [0.1, 0.15) is 49.4 Å². The van der Waals surface area contributed by atoms with E-state index in [1.807, 2.05) is 84.0 Å². The number of hydrogen-bond donors (Lipinski definition) is 1. The summed E-state index contributed by atoms with van der Waals surface area (Å²) in [6, 6.07) is 12.5. The third kappa shape index (κ3) is 7.82. The molecule has 35 heavy (non-hydrogen) atoms. The number of amides is 2. The van der Waals surface area contributed by atoms with E-state index in [4.69, 9.17) is 0 Å². The molecule has 0 saturated heterocycles. The van der Waals surface area contributed by atoms with Crippen LogP contribution in [0.2, 0.25) is 0 Å². The first-order valence-electron chi connectivity index (χ1n) is 12.0. The predicted octanol–water partition coefficient (Wildman–Crippen LogP) is 3.96. The molecule has 0 saturated carbocycles. The molecule has 2 amide bonds. The van der Waals surface area contributed by atoms with Crippen LogP contribution in [-0.4, -0.2) is 50.5 Å². The van der Waals surface area contributed by atoms with E-state index in [9.17, 15) is 18.0 Å². The first kappa shape index (κ1) is 28.4. The van der Waals surface area contributed by atoms with Gasteiger partial charge in [0.1, 0.15) is 12.6 Å². The van der Waals surface area contributed by atoms with Gasteiger partial charge in [0.05, 0.1) is 11.9 Å². The van der Waals surface area contributed by atoms with E-state index in [0.29, 0.717) is 18.7 Å². The monoisotopic (exact) mass is 501 g/mol. The minimum Gasteiger partial charge on any atom is -0.354 e. The van der Waals surface area contributed by atoms with Gasteiger partial charge in [-0.1, -0.05) is 68.8 Å². The quantitative estimate of drug-likeness (QED) is 0.505. The molecule has 2 aromatic rings. The van der Waals surface area contributed by atoms with Gasteiger partial charge in [0.25, 0.3) is 0 Å². The van der Waals surface area contributed by atoms with Gasteiger partial charge in [0.2, 0.25) is 21.8 Å². The van der Waals surface area contributed by atoms with Gasteiger partial charge >= 0.3 is 0 Å². The van der Waals surface area contributed by atoms with Crippen LogP contribution in [-0.2, 0) is 26.2 Å². The second-order valence-electron chi connectivity index (χ2n) is 9.58. The highest BCUT2D eigenvalue weighted by Gasteiger charge is 2.32. The van der Waals surface area contributed by atoms with Crippen LogP contribution in [0.25, 0.3) is 0 Å². The van der Waals surface area contributed by atoms with Gasteiger partial charge in [-0.25, -0.2) is 8.42 Å². The number of benzene rings is 2. The lowest BCUT2D eigenvalue weighted by atomic mass is 10.1. The molecular formula is C27H39N3O4S. The second-order valence-corrected chi connectivity index (χ2v) is 11.5. The van der Waals surface area contributed by atoms with E-state index in [1.54, 1.807) is 0 Å². The van der Waals surface area contributed by atoms with Crippen molar-refractivity contribution in [2.45, 2.75) is 60.5 Å². The minimum absolute atomic E-state index is 0.207. The van der Waals surface area contributed by atoms with Crippen LogP contribution in [0.15, 0.2) is 42.5 Å². The SMILES string of the molecule is CC[C@H](C(=O)NCC(C)C)N(Cc1cccc(C)c1)C(=O)CN(c1c(C)cccc1C)S(C)(=O)=O. The van der Waals surface area contributed by atoms with Crippen molar-refractivity contribution in [3.8, 4) is 0 Å². The van der Waals surface area contributed by atoms with Crippen molar-refractivity contribution < 1.29 is 18.0 Å². The van der Waals surface area contributed by atoms with Gasteiger partial charge < -0.3 is 10.2 Å². The Labute approximate surface area is 210 Å². The van der Waals surface area contributed by atoms with Crippen molar-refractivity contribution in [3.05, 3.63) is 64.7 Å². The zero-order valence-corrected chi connectivity index (χ0v) is 22.8. The van der Waals surface area contributed by atoms with Crippen LogP contribution in [0.4, 0.5) is 5.69 Å². The topological polar surface area (TPSA) is 86.8 Å². The summed E-state index contributed by atoms with van der Waals surface area (Å²) in [4.78, 5) is 28.4. The Morgan fingerprint density at radius 1 is 1.00 bits per heavy atom. The molecule has 0 fully saturated rings. The first-order valence-corrected chi connectivity index (χ1v) is 13.9. The van der Waals surface area contributed by atoms with Crippen molar-refractivity contribution in [1.82, 2.24) is 10.2 Å². The smallest absolute Gasteiger partial charge is 0.244 e. The fraction of sp³-hybridized carbons (Fsp3) is 0.481. The maximum Gasteiger partial charge on any atom is 0.244 e. The molecule has 0 aliphatic rings. The molecule has 192 valence electrons. The molecule has 0 heterocycles. The molecule has 2 rings (SSSR count). The molecule has 2 aromatic carbocycles. The van der Waals surface area contributed by atoms with E-state index in [-0.39, 0.29) is 24.9 Å². The average molecular weight is 502 g/mol. The maximum atomic E-state index is 13.8. The van der Waals surface area contributed by atoms with E-state index < -0.39 is 22.0 Å². The number of anilines is 1. The Kier molecular flexibility index (Phi) is 9.89. The molecule has 0 spiro atoms. The molecule has 0 aliphatic heterocycles. The third-order valence-electron chi connectivity index (χ3n) is 5.87. The molecule has 0 aliphatic carbocycles. The number of aryl methyl sites for hydroxylation is 3. The van der Waals surface area contributed by atoms with E-state index >= 15 is 0 Å². The number of nitrogens with zero attached hydrogens (tertiary/aromatic N) is 2. The molecule has 1 atom stereocenters. The third-order valence-corrected chi connectivity index (χ3v) is 6.99. The predicted molar refractivity (Wildman–Crippen MR) is 142 cm³/mol. The van der Waals surface area contributed by atoms with Crippen LogP contribution >= 0.6 is 0 Å². The lowest BCUT2D eigenvalue weighted by molar-refractivity contribution is -0.140. The highest BCUT2D eigenvalue weighted by atomic mass is 32.2. The number of carbonyl (C=O) groups is 2. The lowest BCUT2D eigenvalue weighted by Crippen LogP contribution is -2.52. The van der Waals surface area contributed by atoms with Crippen molar-refractivity contribution in [2.75, 3.05) is 23.7 Å². The van der Waals surface area contributed by atoms with Gasteiger partial charge in [0.15, 0.2) is 0 Å². The summed E-state index contributed by atoms with van der Waals surface area (Å²) in [5, 5.41) is 2.93. The summed E-state index contributed by atoms with van der Waals surface area (Å²) in [5.41, 5.74) is 3.94. The van der Waals surface area contributed by atoms with Crippen molar-refractivity contribution >= 4 is 27.5 Å². The van der Waals surface area contributed by atoms with Crippen LogP contribution in [0.5, 0.6) is 0 Å². The van der Waals surface area contributed by atoms with Crippen molar-refractivity contribution in [3.63, 3.8) is 0 Å². The highest BCUT2D eigenvalue weighted by Crippen LogP contribution is 2.27. The first-order chi connectivity index (χ1) is 16.3. The number of carbonyl (C=O) groups excluding carboxylic acids is 2. The fourth-order valence-corrected chi connectivity index (χ4v) is 5.09. The molecule has 7 nitrogen and oxygen atoms in total. The number of hydrogen-bond acceptors (Lipinski definition) is 4. The Hall–Kier alpha value is -2.87. The van der Waals surface area contributed by atoms with Crippen molar-refractivity contribution in [1.29, 1.82) is 0 Å². The Bertz CT molecular complexity index is 1120. The Morgan fingerprint density at radius 3 is 2.11 bits per heavy atom. The fourth-order valence-electron chi connectivity index (χ4n) is 4.12. The zero-order valence-electron chi connectivity index (χ0n) is 22.0. The largest absolute Gasteiger partial charge is 0.354 e. The van der Waals surface area contributed by atoms with Crippen LogP contribution < -0.4 is 9.62 Å². The number of nitrogens with one attached hydrogen (secondary N) is 1. The molecule has 0 aromatic heterocycles. The summed E-state index contributed by atoms with van der Waals surface area (Å²) in [6.45, 7) is 11.8. The molecule has 0 radical (unpaired) electrons. The zero-order chi connectivity index (χ0) is 26.3. The molecule has 0 bridgehead atoms. The Morgan fingerprint density at radius 2 is 1.60 bits per heavy atom. The number of rotatable bonds is 11. The molecule has 1 N–H and O–H groups in total. The van der Waals surface area contributed by atoms with E-state index in [2.05, 4.69) is 5.32 Å². The average Bonchev–Trinajstić information content (AvgIpc) is 2.76. The standard InChI is InChI=1S/C27H39N3O4S/c1-8-24(27(32)28-16-19(2)3)29(17-23-14-9-11-20(4)15-23)25(31)18-30(35(7,33)34)26-21(5)12-10-13-22(26)6/h9-15,19,24H,8,16-18H2,1-7H3,(H,28,32)/t24-/m1/s1. The molecule has 0 unspecified atom stereocenters. The lowest BCUT2D eigenvalue weighted by Gasteiger charge is -2.33. The summed E-state index contributed by atoms with van der Waals surface area (Å²) in [6.07, 6.45) is 1.51. The van der Waals surface area contributed by atoms with Gasteiger partial charge in [0, 0.05) is 13.1 Å². The maximum absolute atomic E-state index is 13.8. The molecule has 8 heteroatoms. The second kappa shape index (κ2) is 12.2. The van der Waals surface area contributed by atoms with E-state index in [1.165, 1.54) is 4.90 Å². The van der Waals surface area contributed by atoms with Crippen LogP contribution in [0.3, 0.4) is 0 Å². The summed E-state index contributed by atoms with van der Waals surface area (Å²) < 4.78 is 26.8. The summed E-state index contributed by atoms with van der Waals surface area (Å²) in [5.74, 6) is -0.395. The van der Waals surface area contributed by atoms with E-state index in [0.717, 1.165) is 32.8 Å². The normalized spacial score (nSPS) is 12.3.